The van der Waals surface area contributed by atoms with Crippen molar-refractivity contribution in [3.05, 3.63) is 77.7 Å². The number of hydrogen-bond donors (Lipinski definition) is 3. The second-order valence-electron chi connectivity index (χ2n) is 9.21. The fraction of sp³-hybridized carbons (Fsp3) is 0.222. The summed E-state index contributed by atoms with van der Waals surface area (Å²) in [6.45, 7) is 1.54. The molecule has 0 atom stereocenters. The number of anilines is 5. The van der Waals surface area contributed by atoms with E-state index in [-0.39, 0.29) is 22.7 Å². The van der Waals surface area contributed by atoms with Crippen LogP contribution in [0.25, 0.3) is 5.69 Å². The predicted molar refractivity (Wildman–Crippen MR) is 156 cm³/mol. The first kappa shape index (κ1) is 27.3. The Balaban J connectivity index is 1.39. The average Bonchev–Trinajstić information content (AvgIpc) is 3.64. The zero-order valence-electron chi connectivity index (χ0n) is 21.9. The van der Waals surface area contributed by atoms with E-state index >= 15 is 0 Å². The number of aromatic nitrogens is 3. The van der Waals surface area contributed by atoms with Gasteiger partial charge in [-0.1, -0.05) is 23.7 Å². The van der Waals surface area contributed by atoms with E-state index in [0.29, 0.717) is 28.5 Å². The van der Waals surface area contributed by atoms with Gasteiger partial charge in [0, 0.05) is 31.0 Å². The van der Waals surface area contributed by atoms with E-state index in [9.17, 15) is 13.2 Å². The van der Waals surface area contributed by atoms with Gasteiger partial charge in [0.15, 0.2) is 5.82 Å². The van der Waals surface area contributed by atoms with Gasteiger partial charge in [0.25, 0.3) is 5.91 Å². The number of carbonyl (C=O) groups is 1. The molecule has 1 amide bonds. The van der Waals surface area contributed by atoms with Crippen molar-refractivity contribution in [3.8, 4) is 11.4 Å². The van der Waals surface area contributed by atoms with Crippen molar-refractivity contribution in [2.24, 2.45) is 0 Å². The summed E-state index contributed by atoms with van der Waals surface area (Å²) in [6, 6.07) is 16.0. The first-order valence-corrected chi connectivity index (χ1v) is 14.8. The van der Waals surface area contributed by atoms with Gasteiger partial charge in [-0.05, 0) is 49.2 Å². The molecule has 1 saturated heterocycles. The van der Waals surface area contributed by atoms with E-state index in [1.165, 1.54) is 6.20 Å². The molecule has 0 aliphatic carbocycles. The number of sulfonamides is 1. The lowest BCUT2D eigenvalue weighted by Crippen LogP contribution is -2.29. The van der Waals surface area contributed by atoms with Crippen LogP contribution >= 0.6 is 11.6 Å². The van der Waals surface area contributed by atoms with Crippen LogP contribution in [0, 0.1) is 0 Å². The normalized spacial score (nSPS) is 13.2. The minimum atomic E-state index is -3.50. The summed E-state index contributed by atoms with van der Waals surface area (Å²) in [4.78, 5) is 23.7. The third-order valence-corrected chi connectivity index (χ3v) is 7.16. The molecular formula is C27H28ClN7O4S. The molecule has 1 aliphatic rings. The highest BCUT2D eigenvalue weighted by molar-refractivity contribution is 7.92. The van der Waals surface area contributed by atoms with Gasteiger partial charge in [0.2, 0.25) is 16.0 Å². The first-order chi connectivity index (χ1) is 19.2. The number of para-hydroxylation sites is 2. The van der Waals surface area contributed by atoms with Gasteiger partial charge >= 0.3 is 0 Å². The molecule has 1 aliphatic heterocycles. The standard InChI is InChI=1S/C27H28ClN7O4S/c1-39-24-16-18(35-15-7-10-23(35)26(36)34-13-5-6-14-34)11-12-22(24)31-27-29-17-19(28)25(32-27)30-20-8-3-4-9-21(20)33-40(2,37)38/h3-4,7-12,15-17,33H,5-6,13-14H2,1-2H3,(H2,29,30,31,32). The van der Waals surface area contributed by atoms with Crippen molar-refractivity contribution in [2.45, 2.75) is 12.8 Å². The molecule has 4 aromatic rings. The highest BCUT2D eigenvalue weighted by Gasteiger charge is 2.22. The number of halogens is 1. The number of benzene rings is 2. The molecule has 0 spiro atoms. The van der Waals surface area contributed by atoms with E-state index in [0.717, 1.165) is 37.9 Å². The molecule has 1 fully saturated rings. The number of hydrogen-bond acceptors (Lipinski definition) is 8. The number of likely N-dealkylation sites (tertiary alicyclic amines) is 1. The molecular weight excluding hydrogens is 554 g/mol. The highest BCUT2D eigenvalue weighted by Crippen LogP contribution is 2.33. The van der Waals surface area contributed by atoms with Crippen LogP contribution in [0.4, 0.5) is 28.8 Å². The number of amides is 1. The molecule has 3 heterocycles. The summed E-state index contributed by atoms with van der Waals surface area (Å²) in [7, 11) is -1.94. The minimum Gasteiger partial charge on any atom is -0.494 e. The van der Waals surface area contributed by atoms with Crippen LogP contribution in [-0.4, -0.2) is 60.2 Å². The van der Waals surface area contributed by atoms with Crippen LogP contribution < -0.4 is 20.1 Å². The van der Waals surface area contributed by atoms with Crippen molar-refractivity contribution in [2.75, 3.05) is 41.8 Å². The van der Waals surface area contributed by atoms with E-state index in [4.69, 9.17) is 16.3 Å². The highest BCUT2D eigenvalue weighted by atomic mass is 35.5. The fourth-order valence-corrected chi connectivity index (χ4v) is 5.16. The third-order valence-electron chi connectivity index (χ3n) is 6.29. The molecule has 0 radical (unpaired) electrons. The number of methoxy groups -OCH3 is 1. The fourth-order valence-electron chi connectivity index (χ4n) is 4.44. The lowest BCUT2D eigenvalue weighted by atomic mass is 10.2. The molecule has 2 aromatic heterocycles. The molecule has 2 aromatic carbocycles. The lowest BCUT2D eigenvalue weighted by Gasteiger charge is -2.18. The lowest BCUT2D eigenvalue weighted by molar-refractivity contribution is 0.0785. The van der Waals surface area contributed by atoms with Crippen molar-refractivity contribution < 1.29 is 17.9 Å². The number of ether oxygens (including phenoxy) is 1. The van der Waals surface area contributed by atoms with Crippen molar-refractivity contribution in [3.63, 3.8) is 0 Å². The molecule has 0 unspecified atom stereocenters. The van der Waals surface area contributed by atoms with Crippen molar-refractivity contribution in [1.29, 1.82) is 0 Å². The molecule has 11 nitrogen and oxygen atoms in total. The predicted octanol–water partition coefficient (Wildman–Crippen LogP) is 5.02. The SMILES string of the molecule is COc1cc(-n2cccc2C(=O)N2CCCC2)ccc1Nc1ncc(Cl)c(Nc2ccccc2NS(C)(=O)=O)n1. The van der Waals surface area contributed by atoms with Crippen LogP contribution in [0.1, 0.15) is 23.3 Å². The molecule has 13 heteroatoms. The monoisotopic (exact) mass is 581 g/mol. The Morgan fingerprint density at radius 1 is 1.00 bits per heavy atom. The molecule has 0 saturated carbocycles. The number of nitrogens with zero attached hydrogens (tertiary/aromatic N) is 4. The average molecular weight is 582 g/mol. The summed E-state index contributed by atoms with van der Waals surface area (Å²) in [6.07, 6.45) is 6.40. The van der Waals surface area contributed by atoms with Crippen LogP contribution in [0.2, 0.25) is 5.02 Å². The summed E-state index contributed by atoms with van der Waals surface area (Å²) in [5, 5.41) is 6.45. The Morgan fingerprint density at radius 2 is 1.75 bits per heavy atom. The zero-order chi connectivity index (χ0) is 28.3. The van der Waals surface area contributed by atoms with Gasteiger partial charge in [0.1, 0.15) is 16.5 Å². The third kappa shape index (κ3) is 6.13. The van der Waals surface area contributed by atoms with E-state index in [1.54, 1.807) is 31.4 Å². The minimum absolute atomic E-state index is 0.00608. The number of carbonyl (C=O) groups excluding carboxylic acids is 1. The second kappa shape index (κ2) is 11.4. The topological polar surface area (TPSA) is 130 Å². The zero-order valence-corrected chi connectivity index (χ0v) is 23.5. The maximum absolute atomic E-state index is 13.0. The van der Waals surface area contributed by atoms with E-state index < -0.39 is 10.0 Å². The van der Waals surface area contributed by atoms with E-state index in [1.807, 2.05) is 46.0 Å². The Kier molecular flexibility index (Phi) is 7.81. The summed E-state index contributed by atoms with van der Waals surface area (Å²) in [5.41, 5.74) is 2.76. The second-order valence-corrected chi connectivity index (χ2v) is 11.4. The van der Waals surface area contributed by atoms with Gasteiger partial charge in [-0.15, -0.1) is 0 Å². The van der Waals surface area contributed by atoms with Gasteiger partial charge in [-0.3, -0.25) is 9.52 Å². The quantitative estimate of drug-likeness (QED) is 0.251. The summed E-state index contributed by atoms with van der Waals surface area (Å²) < 4.78 is 33.5. The van der Waals surface area contributed by atoms with Crippen LogP contribution in [0.3, 0.4) is 0 Å². The van der Waals surface area contributed by atoms with Crippen molar-refractivity contribution >= 4 is 56.4 Å². The maximum atomic E-state index is 13.0. The van der Waals surface area contributed by atoms with E-state index in [2.05, 4.69) is 25.3 Å². The summed E-state index contributed by atoms with van der Waals surface area (Å²) >= 11 is 6.35. The Bertz CT molecular complexity index is 1650. The Hall–Kier alpha value is -4.29. The molecule has 3 N–H and O–H groups in total. The van der Waals surface area contributed by atoms with Gasteiger partial charge in [-0.2, -0.15) is 4.98 Å². The number of rotatable bonds is 9. The van der Waals surface area contributed by atoms with Crippen LogP contribution in [0.5, 0.6) is 5.75 Å². The van der Waals surface area contributed by atoms with Crippen molar-refractivity contribution in [1.82, 2.24) is 19.4 Å². The van der Waals surface area contributed by atoms with Gasteiger partial charge < -0.3 is 24.8 Å². The Labute approximate surface area is 237 Å². The smallest absolute Gasteiger partial charge is 0.270 e. The van der Waals surface area contributed by atoms with Crippen LogP contribution in [-0.2, 0) is 10.0 Å². The molecule has 40 heavy (non-hydrogen) atoms. The molecule has 5 rings (SSSR count). The molecule has 208 valence electrons. The maximum Gasteiger partial charge on any atom is 0.270 e. The van der Waals surface area contributed by atoms with Gasteiger partial charge in [-0.25, -0.2) is 13.4 Å². The molecule has 0 bridgehead atoms. The van der Waals surface area contributed by atoms with Gasteiger partial charge in [0.05, 0.1) is 36.6 Å². The largest absolute Gasteiger partial charge is 0.494 e. The first-order valence-electron chi connectivity index (χ1n) is 12.5. The summed E-state index contributed by atoms with van der Waals surface area (Å²) in [5.74, 6) is 1.03. The Morgan fingerprint density at radius 3 is 2.48 bits per heavy atom. The van der Waals surface area contributed by atoms with Crippen LogP contribution in [0.15, 0.2) is 67.0 Å². The number of nitrogens with one attached hydrogen (secondary N) is 3.